The fourth-order valence-electron chi connectivity index (χ4n) is 1.61. The Balaban J connectivity index is 2.95. The average molecular weight is 332 g/mol. The van der Waals surface area contributed by atoms with Gasteiger partial charge in [0.05, 0.1) is 7.11 Å². The number of carbonyl (C=O) groups is 2. The van der Waals surface area contributed by atoms with Gasteiger partial charge in [0.1, 0.15) is 6.04 Å². The molecule has 1 amide bonds. The van der Waals surface area contributed by atoms with Gasteiger partial charge in [-0.1, -0.05) is 20.8 Å². The number of nitrogens with one attached hydrogen (secondary N) is 1. The largest absolute Gasteiger partial charge is 0.467 e. The second-order valence-electron chi connectivity index (χ2n) is 5.36. The molecule has 1 aromatic heterocycles. The summed E-state index contributed by atoms with van der Waals surface area (Å²) in [6.07, 6.45) is 0. The van der Waals surface area contributed by atoms with Crippen LogP contribution in [0.3, 0.4) is 0 Å². The van der Waals surface area contributed by atoms with Gasteiger partial charge in [0, 0.05) is 5.56 Å². The Morgan fingerprint density at radius 3 is 2.37 bits per heavy atom. The molecule has 1 rings (SSSR count). The molecule has 0 aromatic carbocycles. The summed E-state index contributed by atoms with van der Waals surface area (Å²) in [5.74, 6) is -0.734. The van der Waals surface area contributed by atoms with Crippen LogP contribution in [0.5, 0.6) is 0 Å². The van der Waals surface area contributed by atoms with Crippen molar-refractivity contribution in [1.29, 1.82) is 0 Å². The zero-order chi connectivity index (χ0) is 14.8. The Kier molecular flexibility index (Phi) is 4.79. The van der Waals surface area contributed by atoms with E-state index in [1.807, 2.05) is 20.8 Å². The van der Waals surface area contributed by atoms with Gasteiger partial charge in [0.15, 0.2) is 10.4 Å². The Morgan fingerprint density at radius 2 is 2.00 bits per heavy atom. The highest BCUT2D eigenvalue weighted by Gasteiger charge is 2.34. The SMILES string of the molecule is COC(=O)[C@H](NC(=O)c1oc(Br)cc1C)C(C)(C)C. The Hall–Kier alpha value is -1.30. The highest BCUT2D eigenvalue weighted by atomic mass is 79.9. The monoisotopic (exact) mass is 331 g/mol. The molecule has 0 spiro atoms. The summed E-state index contributed by atoms with van der Waals surface area (Å²) in [6.45, 7) is 7.30. The molecule has 1 heterocycles. The summed E-state index contributed by atoms with van der Waals surface area (Å²) in [5, 5.41) is 2.65. The average Bonchev–Trinajstić information content (AvgIpc) is 2.62. The minimum Gasteiger partial charge on any atom is -0.467 e. The first-order valence-corrected chi connectivity index (χ1v) is 6.60. The number of hydrogen-bond acceptors (Lipinski definition) is 4. The molecule has 19 heavy (non-hydrogen) atoms. The van der Waals surface area contributed by atoms with Crippen LogP contribution >= 0.6 is 15.9 Å². The van der Waals surface area contributed by atoms with Crippen LogP contribution in [0, 0.1) is 12.3 Å². The summed E-state index contributed by atoms with van der Waals surface area (Å²) in [7, 11) is 1.29. The van der Waals surface area contributed by atoms with Gasteiger partial charge in [-0.15, -0.1) is 0 Å². The molecule has 0 aliphatic carbocycles. The van der Waals surface area contributed by atoms with Crippen LogP contribution in [0.15, 0.2) is 15.2 Å². The number of furan rings is 1. The van der Waals surface area contributed by atoms with E-state index in [1.165, 1.54) is 7.11 Å². The molecule has 5 nitrogen and oxygen atoms in total. The number of amides is 1. The normalized spacial score (nSPS) is 12.9. The molecule has 1 N–H and O–H groups in total. The third-order valence-electron chi connectivity index (χ3n) is 2.67. The van der Waals surface area contributed by atoms with Gasteiger partial charge in [0.2, 0.25) is 0 Å². The van der Waals surface area contributed by atoms with E-state index in [9.17, 15) is 9.59 Å². The first-order valence-electron chi connectivity index (χ1n) is 5.81. The first kappa shape index (κ1) is 15.8. The number of hydrogen-bond donors (Lipinski definition) is 1. The van der Waals surface area contributed by atoms with Crippen LogP contribution in [-0.2, 0) is 9.53 Å². The summed E-state index contributed by atoms with van der Waals surface area (Å²) >= 11 is 3.16. The third-order valence-corrected chi connectivity index (χ3v) is 3.06. The Bertz CT molecular complexity index is 487. The molecule has 0 bridgehead atoms. The predicted octanol–water partition coefficient (Wildman–Crippen LogP) is 2.67. The Labute approximate surface area is 120 Å². The van der Waals surface area contributed by atoms with Crippen molar-refractivity contribution in [3.8, 4) is 0 Å². The van der Waals surface area contributed by atoms with E-state index in [4.69, 9.17) is 9.15 Å². The molecule has 0 unspecified atom stereocenters. The Morgan fingerprint density at radius 1 is 1.42 bits per heavy atom. The topological polar surface area (TPSA) is 68.5 Å². The molecule has 0 saturated carbocycles. The van der Waals surface area contributed by atoms with E-state index < -0.39 is 23.3 Å². The number of halogens is 1. The van der Waals surface area contributed by atoms with Crippen molar-refractivity contribution in [2.24, 2.45) is 5.41 Å². The molecular weight excluding hydrogens is 314 g/mol. The van der Waals surface area contributed by atoms with Crippen LogP contribution in [-0.4, -0.2) is 25.0 Å². The number of ether oxygens (including phenoxy) is 1. The molecule has 0 saturated heterocycles. The van der Waals surface area contributed by atoms with E-state index >= 15 is 0 Å². The molecule has 106 valence electrons. The minimum atomic E-state index is -0.742. The summed E-state index contributed by atoms with van der Waals surface area (Å²) in [5.41, 5.74) is 0.238. The molecule has 1 atom stereocenters. The maximum absolute atomic E-state index is 12.1. The molecule has 1 aromatic rings. The third kappa shape index (κ3) is 3.83. The second kappa shape index (κ2) is 5.77. The summed E-state index contributed by atoms with van der Waals surface area (Å²) in [6, 6.07) is 0.951. The van der Waals surface area contributed by atoms with Gasteiger partial charge >= 0.3 is 5.97 Å². The lowest BCUT2D eigenvalue weighted by Crippen LogP contribution is -2.49. The highest BCUT2D eigenvalue weighted by Crippen LogP contribution is 2.23. The van der Waals surface area contributed by atoms with Crippen molar-refractivity contribution in [3.63, 3.8) is 0 Å². The molecule has 6 heteroatoms. The van der Waals surface area contributed by atoms with Gasteiger partial charge in [-0.3, -0.25) is 4.79 Å². The van der Waals surface area contributed by atoms with Crippen molar-refractivity contribution in [2.45, 2.75) is 33.7 Å². The van der Waals surface area contributed by atoms with Gasteiger partial charge in [0.25, 0.3) is 5.91 Å². The molecular formula is C13H18BrNO4. The van der Waals surface area contributed by atoms with Gasteiger partial charge in [-0.2, -0.15) is 0 Å². The quantitative estimate of drug-likeness (QED) is 0.864. The van der Waals surface area contributed by atoms with Crippen LogP contribution in [0.2, 0.25) is 0 Å². The zero-order valence-corrected chi connectivity index (χ0v) is 13.3. The van der Waals surface area contributed by atoms with Crippen molar-refractivity contribution >= 4 is 27.8 Å². The van der Waals surface area contributed by atoms with E-state index in [0.717, 1.165) is 0 Å². The first-order chi connectivity index (χ1) is 8.66. The highest BCUT2D eigenvalue weighted by molar-refractivity contribution is 9.10. The molecule has 0 aliphatic rings. The molecule has 0 aliphatic heterocycles. The van der Waals surface area contributed by atoms with E-state index in [2.05, 4.69) is 21.2 Å². The molecule has 0 fully saturated rings. The van der Waals surface area contributed by atoms with Crippen LogP contribution < -0.4 is 5.32 Å². The van der Waals surface area contributed by atoms with Crippen LogP contribution in [0.25, 0.3) is 0 Å². The lowest BCUT2D eigenvalue weighted by molar-refractivity contribution is -0.145. The number of carbonyl (C=O) groups excluding carboxylic acids is 2. The van der Waals surface area contributed by atoms with Crippen molar-refractivity contribution in [2.75, 3.05) is 7.11 Å². The summed E-state index contributed by atoms with van der Waals surface area (Å²) < 4.78 is 10.4. The second-order valence-corrected chi connectivity index (χ2v) is 6.14. The summed E-state index contributed by atoms with van der Waals surface area (Å²) in [4.78, 5) is 23.9. The van der Waals surface area contributed by atoms with Gasteiger partial charge < -0.3 is 14.5 Å². The zero-order valence-electron chi connectivity index (χ0n) is 11.7. The number of rotatable bonds is 3. The standard InChI is InChI=1S/C13H18BrNO4/c1-7-6-8(14)19-9(7)11(16)15-10(12(17)18-5)13(2,3)4/h6,10H,1-5H3,(H,15,16)/t10-/m0/s1. The molecule has 0 radical (unpaired) electrons. The van der Waals surface area contributed by atoms with E-state index in [1.54, 1.807) is 13.0 Å². The number of esters is 1. The van der Waals surface area contributed by atoms with Crippen molar-refractivity contribution in [3.05, 3.63) is 22.1 Å². The van der Waals surface area contributed by atoms with Gasteiger partial charge in [-0.25, -0.2) is 4.79 Å². The number of methoxy groups -OCH3 is 1. The van der Waals surface area contributed by atoms with Crippen LogP contribution in [0.1, 0.15) is 36.9 Å². The predicted molar refractivity (Wildman–Crippen MR) is 73.9 cm³/mol. The fourth-order valence-corrected chi connectivity index (χ4v) is 2.12. The van der Waals surface area contributed by atoms with E-state index in [-0.39, 0.29) is 5.76 Å². The lowest BCUT2D eigenvalue weighted by atomic mass is 9.86. The van der Waals surface area contributed by atoms with E-state index in [0.29, 0.717) is 10.2 Å². The maximum atomic E-state index is 12.1. The minimum absolute atomic E-state index is 0.185. The maximum Gasteiger partial charge on any atom is 0.328 e. The van der Waals surface area contributed by atoms with Crippen molar-refractivity contribution < 1.29 is 18.7 Å². The number of aryl methyl sites for hydroxylation is 1. The van der Waals surface area contributed by atoms with Gasteiger partial charge in [-0.05, 0) is 34.3 Å². The van der Waals surface area contributed by atoms with Crippen molar-refractivity contribution in [1.82, 2.24) is 5.32 Å². The smallest absolute Gasteiger partial charge is 0.328 e. The fraction of sp³-hybridized carbons (Fsp3) is 0.538. The van der Waals surface area contributed by atoms with Crippen LogP contribution in [0.4, 0.5) is 0 Å². The lowest BCUT2D eigenvalue weighted by Gasteiger charge is -2.28.